The average Bonchev–Trinajstić information content (AvgIpc) is 3.31. The summed E-state index contributed by atoms with van der Waals surface area (Å²) >= 11 is 0. The van der Waals surface area contributed by atoms with Gasteiger partial charge in [0.2, 0.25) is 5.95 Å². The number of rotatable bonds is 2. The number of Topliss-reactive ketones (excluding diaryl/α,β-unsaturated/α-hetero) is 1. The molecule has 26 heavy (non-hydrogen) atoms. The number of allylic oxidation sites excluding steroid dienone is 2. The van der Waals surface area contributed by atoms with Gasteiger partial charge >= 0.3 is 0 Å². The topological polar surface area (TPSA) is 73.0 Å². The van der Waals surface area contributed by atoms with Crippen LogP contribution in [0.3, 0.4) is 0 Å². The lowest BCUT2D eigenvalue weighted by Crippen LogP contribution is -2.33. The van der Waals surface area contributed by atoms with Gasteiger partial charge in [-0.15, -0.1) is 0 Å². The van der Waals surface area contributed by atoms with E-state index in [0.717, 1.165) is 34.6 Å². The maximum atomic E-state index is 13.1. The number of carbonyl (C=O) groups is 1. The van der Waals surface area contributed by atoms with E-state index in [-0.39, 0.29) is 17.7 Å². The Morgan fingerprint density at radius 1 is 1.23 bits per heavy atom. The molecule has 0 fully saturated rings. The number of nitrogens with zero attached hydrogens (tertiary/aromatic N) is 3. The first-order valence-corrected chi connectivity index (χ1v) is 8.73. The van der Waals surface area contributed by atoms with Crippen molar-refractivity contribution >= 4 is 11.7 Å². The van der Waals surface area contributed by atoms with Crippen molar-refractivity contribution in [2.45, 2.75) is 31.7 Å². The van der Waals surface area contributed by atoms with Gasteiger partial charge in [-0.25, -0.2) is 4.68 Å². The van der Waals surface area contributed by atoms with Gasteiger partial charge in [-0.2, -0.15) is 10.1 Å². The molecule has 5 rings (SSSR count). The first kappa shape index (κ1) is 15.1. The van der Waals surface area contributed by atoms with Crippen LogP contribution in [0.1, 0.15) is 41.7 Å². The monoisotopic (exact) mass is 346 g/mol. The number of hydrogen-bond donors (Lipinski definition) is 1. The molecular formula is C20H18N4O2. The van der Waals surface area contributed by atoms with Gasteiger partial charge in [0.1, 0.15) is 18.1 Å². The van der Waals surface area contributed by atoms with Crippen LogP contribution in [-0.4, -0.2) is 20.5 Å². The van der Waals surface area contributed by atoms with Gasteiger partial charge in [0.25, 0.3) is 0 Å². The molecule has 3 heterocycles. The second kappa shape index (κ2) is 5.69. The molecule has 1 aliphatic carbocycles. The summed E-state index contributed by atoms with van der Waals surface area (Å²) < 4.78 is 7.35. The molecule has 3 aromatic rings. The number of ketones is 1. The fourth-order valence-electron chi connectivity index (χ4n) is 4.03. The van der Waals surface area contributed by atoms with Crippen LogP contribution in [0, 0.1) is 6.92 Å². The van der Waals surface area contributed by atoms with E-state index >= 15 is 0 Å². The second-order valence-electron chi connectivity index (χ2n) is 6.91. The molecule has 0 saturated carbocycles. The van der Waals surface area contributed by atoms with Crippen LogP contribution in [0.2, 0.25) is 0 Å². The predicted octanol–water partition coefficient (Wildman–Crippen LogP) is 3.60. The molecule has 2 atom stereocenters. The zero-order valence-corrected chi connectivity index (χ0v) is 14.3. The second-order valence-corrected chi connectivity index (χ2v) is 6.91. The Balaban J connectivity index is 1.63. The fourth-order valence-corrected chi connectivity index (χ4v) is 4.03. The van der Waals surface area contributed by atoms with Gasteiger partial charge in [0.05, 0.1) is 6.26 Å². The highest BCUT2D eigenvalue weighted by Gasteiger charge is 2.39. The standard InChI is InChI=1S/C20H18N4O2/c1-12-4-2-5-13(8-12)19-18-15(23-20-21-11-22-24(19)20)9-14(10-16(18)25)17-6-3-7-26-17/h2-8,11,14,19H,9-10H2,1H3,(H,21,22,23). The molecule has 0 bridgehead atoms. The lowest BCUT2D eigenvalue weighted by Gasteiger charge is -2.34. The molecule has 130 valence electrons. The van der Waals surface area contributed by atoms with E-state index in [1.807, 2.05) is 24.3 Å². The van der Waals surface area contributed by atoms with Crippen molar-refractivity contribution in [1.29, 1.82) is 0 Å². The number of benzene rings is 1. The van der Waals surface area contributed by atoms with Gasteiger partial charge in [0, 0.05) is 23.6 Å². The normalized spacial score (nSPS) is 22.0. The third-order valence-corrected chi connectivity index (χ3v) is 5.17. The quantitative estimate of drug-likeness (QED) is 0.767. The molecule has 1 aliphatic heterocycles. The van der Waals surface area contributed by atoms with Gasteiger partial charge in [-0.1, -0.05) is 29.8 Å². The molecule has 1 N–H and O–H groups in total. The smallest absolute Gasteiger partial charge is 0.226 e. The molecule has 2 unspecified atom stereocenters. The Bertz CT molecular complexity index is 1020. The van der Waals surface area contributed by atoms with E-state index in [1.54, 1.807) is 10.9 Å². The largest absolute Gasteiger partial charge is 0.469 e. The summed E-state index contributed by atoms with van der Waals surface area (Å²) in [5.74, 6) is 1.71. The highest BCUT2D eigenvalue weighted by molar-refractivity contribution is 6.00. The maximum absolute atomic E-state index is 13.1. The van der Waals surface area contributed by atoms with Crippen LogP contribution >= 0.6 is 0 Å². The number of anilines is 1. The molecule has 0 saturated heterocycles. The van der Waals surface area contributed by atoms with Crippen LogP contribution in [-0.2, 0) is 4.79 Å². The number of aromatic nitrogens is 3. The van der Waals surface area contributed by atoms with E-state index in [9.17, 15) is 4.79 Å². The minimum absolute atomic E-state index is 0.0522. The summed E-state index contributed by atoms with van der Waals surface area (Å²) in [6.45, 7) is 2.05. The summed E-state index contributed by atoms with van der Waals surface area (Å²) in [5, 5.41) is 7.70. The molecule has 0 radical (unpaired) electrons. The number of nitrogens with one attached hydrogen (secondary N) is 1. The minimum Gasteiger partial charge on any atom is -0.469 e. The zero-order chi connectivity index (χ0) is 17.7. The molecule has 0 spiro atoms. The van der Waals surface area contributed by atoms with Crippen LogP contribution in [0.4, 0.5) is 5.95 Å². The highest BCUT2D eigenvalue weighted by atomic mass is 16.3. The molecular weight excluding hydrogens is 328 g/mol. The van der Waals surface area contributed by atoms with Crippen molar-refractivity contribution < 1.29 is 9.21 Å². The predicted molar refractivity (Wildman–Crippen MR) is 95.7 cm³/mol. The third-order valence-electron chi connectivity index (χ3n) is 5.17. The molecule has 2 aromatic heterocycles. The van der Waals surface area contributed by atoms with Crippen LogP contribution in [0.25, 0.3) is 0 Å². The maximum Gasteiger partial charge on any atom is 0.226 e. The zero-order valence-electron chi connectivity index (χ0n) is 14.3. The SMILES string of the molecule is Cc1cccc(C2C3=C(CC(c4ccco4)CC3=O)Nc3ncnn32)c1. The van der Waals surface area contributed by atoms with Crippen LogP contribution < -0.4 is 5.32 Å². The Kier molecular flexibility index (Phi) is 3.31. The van der Waals surface area contributed by atoms with Crippen molar-refractivity contribution in [2.75, 3.05) is 5.32 Å². The van der Waals surface area contributed by atoms with E-state index in [0.29, 0.717) is 12.4 Å². The summed E-state index contributed by atoms with van der Waals surface area (Å²) in [4.78, 5) is 17.5. The average molecular weight is 346 g/mol. The fraction of sp³-hybridized carbons (Fsp3) is 0.250. The Hall–Kier alpha value is -3.15. The van der Waals surface area contributed by atoms with Gasteiger partial charge in [0.15, 0.2) is 5.78 Å². The lowest BCUT2D eigenvalue weighted by atomic mass is 9.79. The number of furan rings is 1. The van der Waals surface area contributed by atoms with Crippen molar-refractivity contribution in [3.05, 3.63) is 77.1 Å². The van der Waals surface area contributed by atoms with Crippen LogP contribution in [0.15, 0.2) is 64.7 Å². The summed E-state index contributed by atoms with van der Waals surface area (Å²) in [6, 6.07) is 11.8. The Labute approximate surface area is 150 Å². The molecule has 1 aromatic carbocycles. The lowest BCUT2D eigenvalue weighted by molar-refractivity contribution is -0.117. The van der Waals surface area contributed by atoms with Crippen molar-refractivity contribution in [2.24, 2.45) is 0 Å². The number of fused-ring (bicyclic) bond motifs is 1. The highest BCUT2D eigenvalue weighted by Crippen LogP contribution is 2.43. The number of carbonyl (C=O) groups excluding carboxylic acids is 1. The third kappa shape index (κ3) is 2.29. The summed E-state index contributed by atoms with van der Waals surface area (Å²) in [6.07, 6.45) is 4.35. The Morgan fingerprint density at radius 2 is 2.15 bits per heavy atom. The molecule has 2 aliphatic rings. The van der Waals surface area contributed by atoms with E-state index in [2.05, 4.69) is 34.5 Å². The van der Waals surface area contributed by atoms with Gasteiger partial charge < -0.3 is 9.73 Å². The van der Waals surface area contributed by atoms with Gasteiger partial charge in [-0.05, 0) is 31.0 Å². The van der Waals surface area contributed by atoms with E-state index in [1.165, 1.54) is 6.33 Å². The van der Waals surface area contributed by atoms with Crippen molar-refractivity contribution in [3.8, 4) is 0 Å². The van der Waals surface area contributed by atoms with Crippen molar-refractivity contribution in [1.82, 2.24) is 14.8 Å². The minimum atomic E-state index is -0.242. The first-order chi connectivity index (χ1) is 12.7. The van der Waals surface area contributed by atoms with E-state index in [4.69, 9.17) is 4.42 Å². The molecule has 6 nitrogen and oxygen atoms in total. The Morgan fingerprint density at radius 3 is 2.96 bits per heavy atom. The van der Waals surface area contributed by atoms with Crippen molar-refractivity contribution in [3.63, 3.8) is 0 Å². The molecule has 6 heteroatoms. The molecule has 0 amide bonds. The summed E-state index contributed by atoms with van der Waals surface area (Å²) in [5.41, 5.74) is 3.92. The van der Waals surface area contributed by atoms with Gasteiger partial charge in [-0.3, -0.25) is 4.79 Å². The summed E-state index contributed by atoms with van der Waals surface area (Å²) in [7, 11) is 0. The van der Waals surface area contributed by atoms with Crippen LogP contribution in [0.5, 0.6) is 0 Å². The number of hydrogen-bond acceptors (Lipinski definition) is 5. The first-order valence-electron chi connectivity index (χ1n) is 8.73. The van der Waals surface area contributed by atoms with E-state index < -0.39 is 0 Å². The number of aryl methyl sites for hydroxylation is 1.